The molecule has 1 fully saturated rings. The highest BCUT2D eigenvalue weighted by atomic mass is 35.5. The predicted octanol–water partition coefficient (Wildman–Crippen LogP) is 3.88. The largest absolute Gasteiger partial charge is 0.489 e. The number of carbonyl (C=O) groups is 2. The second-order valence-electron chi connectivity index (χ2n) is 7.15. The molecule has 2 aromatic rings. The number of nitriles is 1. The van der Waals surface area contributed by atoms with Gasteiger partial charge in [0.2, 0.25) is 0 Å². The number of nitrogens with zero attached hydrogens (tertiary/aromatic N) is 1. The average Bonchev–Trinajstić information content (AvgIpc) is 3.58. The monoisotopic (exact) mass is 412 g/mol. The average molecular weight is 413 g/mol. The van der Waals surface area contributed by atoms with Gasteiger partial charge in [-0.25, -0.2) is 4.79 Å². The highest BCUT2D eigenvalue weighted by Crippen LogP contribution is 2.39. The van der Waals surface area contributed by atoms with E-state index in [0.717, 1.165) is 18.4 Å². The van der Waals surface area contributed by atoms with E-state index < -0.39 is 24.0 Å². The Morgan fingerprint density at radius 3 is 2.41 bits per heavy atom. The maximum Gasteiger partial charge on any atom is 0.338 e. The molecule has 1 saturated carbocycles. The maximum atomic E-state index is 12.1. The van der Waals surface area contributed by atoms with E-state index in [0.29, 0.717) is 22.9 Å². The SMILES string of the molecule is C[C@@](C#N)(NC(=O)COC(=O)c1ccc(COc2ccc(Cl)cc2)cc1)C1CC1. The van der Waals surface area contributed by atoms with Gasteiger partial charge in [0, 0.05) is 5.02 Å². The summed E-state index contributed by atoms with van der Waals surface area (Å²) in [6.45, 7) is 1.60. The van der Waals surface area contributed by atoms with Gasteiger partial charge in [-0.05, 0) is 67.6 Å². The summed E-state index contributed by atoms with van der Waals surface area (Å²) >= 11 is 5.84. The van der Waals surface area contributed by atoms with Gasteiger partial charge in [-0.2, -0.15) is 5.26 Å². The van der Waals surface area contributed by atoms with E-state index >= 15 is 0 Å². The van der Waals surface area contributed by atoms with Crippen LogP contribution in [0.4, 0.5) is 0 Å². The van der Waals surface area contributed by atoms with Crippen LogP contribution in [0.1, 0.15) is 35.7 Å². The Hall–Kier alpha value is -3.04. The molecule has 0 radical (unpaired) electrons. The summed E-state index contributed by atoms with van der Waals surface area (Å²) in [7, 11) is 0. The molecule has 0 aliphatic heterocycles. The van der Waals surface area contributed by atoms with Gasteiger partial charge >= 0.3 is 5.97 Å². The number of hydrogen-bond donors (Lipinski definition) is 1. The van der Waals surface area contributed by atoms with Crippen molar-refractivity contribution >= 4 is 23.5 Å². The van der Waals surface area contributed by atoms with Crippen molar-refractivity contribution in [3.05, 3.63) is 64.7 Å². The van der Waals surface area contributed by atoms with E-state index in [1.807, 2.05) is 0 Å². The smallest absolute Gasteiger partial charge is 0.338 e. The van der Waals surface area contributed by atoms with Gasteiger partial charge < -0.3 is 14.8 Å². The molecule has 0 aromatic heterocycles. The first-order chi connectivity index (χ1) is 13.9. The fourth-order valence-corrected chi connectivity index (χ4v) is 2.98. The molecule has 29 heavy (non-hydrogen) atoms. The number of carbonyl (C=O) groups excluding carboxylic acids is 2. The second-order valence-corrected chi connectivity index (χ2v) is 7.59. The summed E-state index contributed by atoms with van der Waals surface area (Å²) in [5.41, 5.74) is 0.302. The Balaban J connectivity index is 1.46. The van der Waals surface area contributed by atoms with Crippen LogP contribution in [-0.4, -0.2) is 24.0 Å². The molecular weight excluding hydrogens is 392 g/mol. The minimum atomic E-state index is -0.908. The third-order valence-corrected chi connectivity index (χ3v) is 5.02. The van der Waals surface area contributed by atoms with Gasteiger partial charge in [0.1, 0.15) is 17.9 Å². The topological polar surface area (TPSA) is 88.4 Å². The molecule has 2 aromatic carbocycles. The van der Waals surface area contributed by atoms with Crippen molar-refractivity contribution in [2.75, 3.05) is 6.61 Å². The van der Waals surface area contributed by atoms with E-state index in [-0.39, 0.29) is 5.92 Å². The second kappa shape index (κ2) is 8.97. The van der Waals surface area contributed by atoms with Crippen LogP contribution in [0, 0.1) is 17.2 Å². The lowest BCUT2D eigenvalue weighted by Crippen LogP contribution is -2.48. The van der Waals surface area contributed by atoms with Crippen LogP contribution in [0.15, 0.2) is 48.5 Å². The molecule has 0 unspecified atom stereocenters. The Kier molecular flexibility index (Phi) is 6.40. The molecule has 0 heterocycles. The molecule has 1 atom stereocenters. The van der Waals surface area contributed by atoms with Crippen LogP contribution in [0.5, 0.6) is 5.75 Å². The van der Waals surface area contributed by atoms with Crippen molar-refractivity contribution in [1.29, 1.82) is 5.26 Å². The Morgan fingerprint density at radius 2 is 1.83 bits per heavy atom. The number of esters is 1. The number of ether oxygens (including phenoxy) is 2. The van der Waals surface area contributed by atoms with Crippen molar-refractivity contribution in [2.24, 2.45) is 5.92 Å². The molecule has 1 aliphatic rings. The van der Waals surface area contributed by atoms with E-state index in [2.05, 4.69) is 11.4 Å². The number of benzene rings is 2. The summed E-state index contributed by atoms with van der Waals surface area (Å²) in [6, 6.07) is 15.9. The molecule has 1 N–H and O–H groups in total. The van der Waals surface area contributed by atoms with Gasteiger partial charge in [0.15, 0.2) is 6.61 Å². The Bertz CT molecular complexity index is 917. The van der Waals surface area contributed by atoms with Crippen LogP contribution in [-0.2, 0) is 16.1 Å². The Labute approximate surface area is 174 Å². The fourth-order valence-electron chi connectivity index (χ4n) is 2.86. The third kappa shape index (κ3) is 5.72. The van der Waals surface area contributed by atoms with E-state index in [1.165, 1.54) is 0 Å². The van der Waals surface area contributed by atoms with Crippen molar-refractivity contribution in [1.82, 2.24) is 5.32 Å². The van der Waals surface area contributed by atoms with E-state index in [1.54, 1.807) is 55.5 Å². The minimum Gasteiger partial charge on any atom is -0.489 e. The van der Waals surface area contributed by atoms with Gasteiger partial charge in [-0.3, -0.25) is 4.79 Å². The molecule has 3 rings (SSSR count). The molecule has 150 valence electrons. The lowest BCUT2D eigenvalue weighted by Gasteiger charge is -2.22. The number of hydrogen-bond acceptors (Lipinski definition) is 5. The molecular formula is C22H21ClN2O4. The molecule has 0 spiro atoms. The third-order valence-electron chi connectivity index (χ3n) is 4.77. The van der Waals surface area contributed by atoms with Crippen LogP contribution >= 0.6 is 11.6 Å². The minimum absolute atomic E-state index is 0.162. The molecule has 1 amide bonds. The lowest BCUT2D eigenvalue weighted by molar-refractivity contribution is -0.125. The van der Waals surface area contributed by atoms with Crippen LogP contribution in [0.2, 0.25) is 5.02 Å². The first-order valence-electron chi connectivity index (χ1n) is 9.26. The summed E-state index contributed by atoms with van der Waals surface area (Å²) in [4.78, 5) is 24.2. The molecule has 0 bridgehead atoms. The van der Waals surface area contributed by atoms with Gasteiger partial charge in [0.05, 0.1) is 11.6 Å². The molecule has 0 saturated heterocycles. The zero-order chi connectivity index (χ0) is 20.9. The molecule has 1 aliphatic carbocycles. The normalized spacial score (nSPS) is 14.9. The van der Waals surface area contributed by atoms with Crippen LogP contribution < -0.4 is 10.1 Å². The van der Waals surface area contributed by atoms with Gasteiger partial charge in [0.25, 0.3) is 5.91 Å². The number of rotatable bonds is 8. The predicted molar refractivity (Wildman–Crippen MR) is 107 cm³/mol. The first-order valence-corrected chi connectivity index (χ1v) is 9.64. The van der Waals surface area contributed by atoms with E-state index in [4.69, 9.17) is 21.1 Å². The quantitative estimate of drug-likeness (QED) is 0.664. The number of amides is 1. The van der Waals surface area contributed by atoms with Crippen molar-refractivity contribution in [2.45, 2.75) is 31.9 Å². The fraction of sp³-hybridized carbons (Fsp3) is 0.318. The van der Waals surface area contributed by atoms with Gasteiger partial charge in [-0.1, -0.05) is 23.7 Å². The highest BCUT2D eigenvalue weighted by Gasteiger charge is 2.43. The Morgan fingerprint density at radius 1 is 1.17 bits per heavy atom. The summed E-state index contributed by atoms with van der Waals surface area (Å²) in [5, 5.41) is 12.6. The standard InChI is InChI=1S/C22H21ClN2O4/c1-22(14-24,17-6-7-17)25-20(26)13-29-21(27)16-4-2-15(3-5-16)12-28-19-10-8-18(23)9-11-19/h2-5,8-11,17H,6-7,12-13H2,1H3,(H,25,26)/t22-/m0/s1. The zero-order valence-electron chi connectivity index (χ0n) is 16.0. The molecule has 6 nitrogen and oxygen atoms in total. The molecule has 7 heteroatoms. The van der Waals surface area contributed by atoms with Crippen LogP contribution in [0.3, 0.4) is 0 Å². The van der Waals surface area contributed by atoms with Gasteiger partial charge in [-0.15, -0.1) is 0 Å². The van der Waals surface area contributed by atoms with Crippen LogP contribution in [0.25, 0.3) is 0 Å². The van der Waals surface area contributed by atoms with Crippen molar-refractivity contribution in [3.8, 4) is 11.8 Å². The summed E-state index contributed by atoms with van der Waals surface area (Å²) < 4.78 is 10.7. The number of nitrogens with one attached hydrogen (secondary N) is 1. The maximum absolute atomic E-state index is 12.1. The first kappa shape index (κ1) is 20.7. The zero-order valence-corrected chi connectivity index (χ0v) is 16.7. The highest BCUT2D eigenvalue weighted by molar-refractivity contribution is 6.30. The van der Waals surface area contributed by atoms with Crippen molar-refractivity contribution < 1.29 is 19.1 Å². The number of halogens is 1. The van der Waals surface area contributed by atoms with Crippen molar-refractivity contribution in [3.63, 3.8) is 0 Å². The summed E-state index contributed by atoms with van der Waals surface area (Å²) in [5.74, 6) is -0.230. The lowest BCUT2D eigenvalue weighted by atomic mass is 9.98. The summed E-state index contributed by atoms with van der Waals surface area (Å²) in [6.07, 6.45) is 1.83. The van der Waals surface area contributed by atoms with E-state index in [9.17, 15) is 14.9 Å².